The molecule has 1 N–H and O–H groups in total. The summed E-state index contributed by atoms with van der Waals surface area (Å²) >= 11 is 0. The molecular weight excluding hydrogens is 181 g/mol. The predicted molar refractivity (Wildman–Crippen MR) is 52.6 cm³/mol. The zero-order valence-electron chi connectivity index (χ0n) is 8.79. The summed E-state index contributed by atoms with van der Waals surface area (Å²) in [4.78, 5) is 0. The van der Waals surface area contributed by atoms with Crippen molar-refractivity contribution in [3.05, 3.63) is 18.0 Å². The van der Waals surface area contributed by atoms with Gasteiger partial charge in [-0.25, -0.2) is 4.39 Å². The fourth-order valence-electron chi connectivity index (χ4n) is 2.03. The van der Waals surface area contributed by atoms with E-state index in [0.29, 0.717) is 6.42 Å². The Morgan fingerprint density at radius 1 is 1.79 bits per heavy atom. The molecule has 1 aromatic rings. The van der Waals surface area contributed by atoms with Crippen LogP contribution in [-0.2, 0) is 7.05 Å². The third kappa shape index (κ3) is 1.34. The molecule has 1 saturated carbocycles. The second-order valence-corrected chi connectivity index (χ2v) is 4.31. The quantitative estimate of drug-likeness (QED) is 0.794. The maximum atomic E-state index is 13.2. The van der Waals surface area contributed by atoms with Crippen molar-refractivity contribution in [1.29, 1.82) is 0 Å². The van der Waals surface area contributed by atoms with Gasteiger partial charge in [0.15, 0.2) is 0 Å². The van der Waals surface area contributed by atoms with Gasteiger partial charge in [-0.1, -0.05) is 6.92 Å². The van der Waals surface area contributed by atoms with Gasteiger partial charge < -0.3 is 5.32 Å². The van der Waals surface area contributed by atoms with Gasteiger partial charge in [-0.2, -0.15) is 5.10 Å². The van der Waals surface area contributed by atoms with Gasteiger partial charge in [0.2, 0.25) is 0 Å². The number of alkyl halides is 1. The van der Waals surface area contributed by atoms with E-state index in [0.717, 1.165) is 5.69 Å². The molecule has 0 saturated heterocycles. The molecule has 2 rings (SSSR count). The SMILES string of the molecule is CNC(c1ccn(C)n1)C1(C)CC1F. The Labute approximate surface area is 83.3 Å². The molecule has 1 heterocycles. The van der Waals surface area contributed by atoms with Crippen molar-refractivity contribution < 1.29 is 4.39 Å². The normalized spacial score (nSPS) is 33.0. The molecule has 0 bridgehead atoms. The van der Waals surface area contributed by atoms with E-state index in [9.17, 15) is 4.39 Å². The molecule has 1 aliphatic carbocycles. The van der Waals surface area contributed by atoms with Crippen LogP contribution < -0.4 is 5.32 Å². The highest BCUT2D eigenvalue weighted by molar-refractivity contribution is 5.17. The molecule has 3 unspecified atom stereocenters. The fourth-order valence-corrected chi connectivity index (χ4v) is 2.03. The second kappa shape index (κ2) is 3.05. The molecule has 0 aliphatic heterocycles. The Morgan fingerprint density at radius 3 is 2.79 bits per heavy atom. The average Bonchev–Trinajstić information content (AvgIpc) is 2.57. The van der Waals surface area contributed by atoms with Crippen molar-refractivity contribution in [2.45, 2.75) is 25.6 Å². The summed E-state index contributed by atoms with van der Waals surface area (Å²) in [6, 6.07) is 1.97. The standard InChI is InChI=1S/C10H16FN3/c1-10(6-8(10)11)9(12-2)7-4-5-14(3)13-7/h4-5,8-9,12H,6H2,1-3H3. The Morgan fingerprint density at radius 2 is 2.43 bits per heavy atom. The Kier molecular flexibility index (Phi) is 2.10. The first kappa shape index (κ1) is 9.65. The lowest BCUT2D eigenvalue weighted by molar-refractivity contribution is 0.299. The van der Waals surface area contributed by atoms with Crippen LogP contribution in [0.3, 0.4) is 0 Å². The highest BCUT2D eigenvalue weighted by Gasteiger charge is 2.57. The minimum Gasteiger partial charge on any atom is -0.311 e. The average molecular weight is 197 g/mol. The predicted octanol–water partition coefficient (Wildman–Crippen LogP) is 1.43. The van der Waals surface area contributed by atoms with E-state index < -0.39 is 6.17 Å². The first-order valence-corrected chi connectivity index (χ1v) is 4.89. The number of hydrogen-bond donors (Lipinski definition) is 1. The van der Waals surface area contributed by atoms with Gasteiger partial charge in [-0.3, -0.25) is 4.68 Å². The summed E-state index contributed by atoms with van der Waals surface area (Å²) in [5.74, 6) is 0. The van der Waals surface area contributed by atoms with E-state index in [1.165, 1.54) is 0 Å². The number of halogens is 1. The second-order valence-electron chi connectivity index (χ2n) is 4.31. The van der Waals surface area contributed by atoms with Gasteiger partial charge in [-0.15, -0.1) is 0 Å². The van der Waals surface area contributed by atoms with Gasteiger partial charge in [-0.05, 0) is 19.5 Å². The number of nitrogens with one attached hydrogen (secondary N) is 1. The molecule has 14 heavy (non-hydrogen) atoms. The van der Waals surface area contributed by atoms with Crippen LogP contribution in [-0.4, -0.2) is 23.0 Å². The minimum atomic E-state index is -0.693. The summed E-state index contributed by atoms with van der Waals surface area (Å²) < 4.78 is 15.0. The molecule has 3 atom stereocenters. The summed E-state index contributed by atoms with van der Waals surface area (Å²) in [7, 11) is 3.73. The Hall–Kier alpha value is -0.900. The molecule has 0 amide bonds. The van der Waals surface area contributed by atoms with Crippen LogP contribution in [0, 0.1) is 5.41 Å². The van der Waals surface area contributed by atoms with Gasteiger partial charge in [0.05, 0.1) is 11.7 Å². The van der Waals surface area contributed by atoms with E-state index in [1.807, 2.05) is 33.3 Å². The topological polar surface area (TPSA) is 29.9 Å². The number of aryl methyl sites for hydroxylation is 1. The molecule has 1 fully saturated rings. The van der Waals surface area contributed by atoms with E-state index in [2.05, 4.69) is 10.4 Å². The molecule has 1 aliphatic rings. The summed E-state index contributed by atoms with van der Waals surface area (Å²) in [5, 5.41) is 7.46. The number of aromatic nitrogens is 2. The van der Waals surface area contributed by atoms with E-state index in [-0.39, 0.29) is 11.5 Å². The lowest BCUT2D eigenvalue weighted by atomic mass is 9.96. The third-order valence-corrected chi connectivity index (χ3v) is 3.15. The van der Waals surface area contributed by atoms with Gasteiger partial charge in [0.25, 0.3) is 0 Å². The molecule has 0 radical (unpaired) electrons. The highest BCUT2D eigenvalue weighted by Crippen LogP contribution is 2.56. The monoisotopic (exact) mass is 197 g/mol. The highest BCUT2D eigenvalue weighted by atomic mass is 19.1. The maximum Gasteiger partial charge on any atom is 0.108 e. The Balaban J connectivity index is 2.22. The molecule has 3 nitrogen and oxygen atoms in total. The number of rotatable bonds is 3. The zero-order chi connectivity index (χ0) is 10.3. The van der Waals surface area contributed by atoms with Crippen molar-refractivity contribution in [1.82, 2.24) is 15.1 Å². The van der Waals surface area contributed by atoms with Gasteiger partial charge >= 0.3 is 0 Å². The molecule has 78 valence electrons. The zero-order valence-corrected chi connectivity index (χ0v) is 8.79. The van der Waals surface area contributed by atoms with Crippen molar-refractivity contribution in [2.75, 3.05) is 7.05 Å². The third-order valence-electron chi connectivity index (χ3n) is 3.15. The molecule has 4 heteroatoms. The van der Waals surface area contributed by atoms with Crippen LogP contribution >= 0.6 is 0 Å². The van der Waals surface area contributed by atoms with Gasteiger partial charge in [0, 0.05) is 18.7 Å². The van der Waals surface area contributed by atoms with Crippen molar-refractivity contribution in [3.63, 3.8) is 0 Å². The van der Waals surface area contributed by atoms with E-state index in [1.54, 1.807) is 4.68 Å². The Bertz CT molecular complexity index is 336. The summed E-state index contributed by atoms with van der Waals surface area (Å²) in [6.45, 7) is 1.97. The van der Waals surface area contributed by atoms with E-state index >= 15 is 0 Å². The number of hydrogen-bond acceptors (Lipinski definition) is 2. The molecular formula is C10H16FN3. The van der Waals surface area contributed by atoms with Crippen LogP contribution in [0.4, 0.5) is 4.39 Å². The van der Waals surface area contributed by atoms with E-state index in [4.69, 9.17) is 0 Å². The molecule has 1 aromatic heterocycles. The van der Waals surface area contributed by atoms with Crippen LogP contribution in [0.25, 0.3) is 0 Å². The van der Waals surface area contributed by atoms with Crippen molar-refractivity contribution in [2.24, 2.45) is 12.5 Å². The minimum absolute atomic E-state index is 0.0266. The van der Waals surface area contributed by atoms with Crippen molar-refractivity contribution in [3.8, 4) is 0 Å². The van der Waals surface area contributed by atoms with Crippen LogP contribution in [0.15, 0.2) is 12.3 Å². The van der Waals surface area contributed by atoms with Crippen LogP contribution in [0.5, 0.6) is 0 Å². The summed E-state index contributed by atoms with van der Waals surface area (Å²) in [6.07, 6.45) is 1.83. The summed E-state index contributed by atoms with van der Waals surface area (Å²) in [5.41, 5.74) is 0.668. The molecule has 0 spiro atoms. The fraction of sp³-hybridized carbons (Fsp3) is 0.700. The van der Waals surface area contributed by atoms with Crippen LogP contribution in [0.2, 0.25) is 0 Å². The van der Waals surface area contributed by atoms with Gasteiger partial charge in [0.1, 0.15) is 6.17 Å². The lowest BCUT2D eigenvalue weighted by Crippen LogP contribution is -2.26. The first-order valence-electron chi connectivity index (χ1n) is 4.89. The number of nitrogens with zero attached hydrogens (tertiary/aromatic N) is 2. The first-order chi connectivity index (χ1) is 6.58. The molecule has 0 aromatic carbocycles. The largest absolute Gasteiger partial charge is 0.311 e. The van der Waals surface area contributed by atoms with Crippen molar-refractivity contribution >= 4 is 0 Å². The maximum absolute atomic E-state index is 13.2. The smallest absolute Gasteiger partial charge is 0.108 e. The van der Waals surface area contributed by atoms with Crippen LogP contribution in [0.1, 0.15) is 25.1 Å². The lowest BCUT2D eigenvalue weighted by Gasteiger charge is -2.20.